The number of benzene rings is 1. The van der Waals surface area contributed by atoms with Crippen molar-refractivity contribution in [3.8, 4) is 11.5 Å². The zero-order chi connectivity index (χ0) is 15.1. The number of rotatable bonds is 6. The summed E-state index contributed by atoms with van der Waals surface area (Å²) in [5, 5.41) is 3.15. The van der Waals surface area contributed by atoms with Crippen molar-refractivity contribution in [1.82, 2.24) is 5.32 Å². The average Bonchev–Trinajstić information content (AvgIpc) is 2.43. The van der Waals surface area contributed by atoms with Crippen LogP contribution in [0.1, 0.15) is 19.4 Å². The van der Waals surface area contributed by atoms with Gasteiger partial charge in [0.05, 0.1) is 20.0 Å². The molecule has 0 spiro atoms. The molecule has 0 unspecified atom stereocenters. The van der Waals surface area contributed by atoms with Gasteiger partial charge in [0, 0.05) is 23.9 Å². The molecule has 0 bridgehead atoms. The van der Waals surface area contributed by atoms with Crippen LogP contribution in [-0.4, -0.2) is 14.2 Å². The first-order valence-corrected chi connectivity index (χ1v) is 6.32. The third-order valence-corrected chi connectivity index (χ3v) is 2.83. The maximum atomic E-state index is 5.96. The summed E-state index contributed by atoms with van der Waals surface area (Å²) in [7, 11) is 3.25. The normalized spacial score (nSPS) is 12.7. The van der Waals surface area contributed by atoms with Gasteiger partial charge in [0.25, 0.3) is 0 Å². The Morgan fingerprint density at radius 1 is 1.20 bits per heavy atom. The number of ether oxygens (including phenoxy) is 2. The van der Waals surface area contributed by atoms with E-state index in [-0.39, 0.29) is 0 Å². The molecule has 5 N–H and O–H groups in total. The van der Waals surface area contributed by atoms with Gasteiger partial charge in [-0.05, 0) is 37.6 Å². The smallest absolute Gasteiger partial charge is 0.127 e. The van der Waals surface area contributed by atoms with Crippen LogP contribution in [0.25, 0.3) is 0 Å². The maximum Gasteiger partial charge on any atom is 0.127 e. The van der Waals surface area contributed by atoms with Gasteiger partial charge in [-0.1, -0.05) is 0 Å². The van der Waals surface area contributed by atoms with E-state index in [4.69, 9.17) is 20.9 Å². The summed E-state index contributed by atoms with van der Waals surface area (Å²) in [6, 6.07) is 5.67. The van der Waals surface area contributed by atoms with E-state index in [0.29, 0.717) is 18.1 Å². The predicted molar refractivity (Wildman–Crippen MR) is 81.2 cm³/mol. The Kier molecular flexibility index (Phi) is 5.77. The minimum Gasteiger partial charge on any atom is -0.497 e. The van der Waals surface area contributed by atoms with Crippen LogP contribution in [0.2, 0.25) is 0 Å². The van der Waals surface area contributed by atoms with Crippen molar-refractivity contribution >= 4 is 0 Å². The van der Waals surface area contributed by atoms with E-state index in [1.54, 1.807) is 14.2 Å². The molecule has 0 atom stereocenters. The highest BCUT2D eigenvalue weighted by atomic mass is 16.5. The molecule has 0 aromatic heterocycles. The maximum absolute atomic E-state index is 5.96. The largest absolute Gasteiger partial charge is 0.497 e. The third kappa shape index (κ3) is 4.42. The Morgan fingerprint density at radius 3 is 2.45 bits per heavy atom. The average molecular weight is 277 g/mol. The second-order valence-electron chi connectivity index (χ2n) is 4.52. The molecule has 0 aliphatic heterocycles. The van der Waals surface area contributed by atoms with Crippen LogP contribution in [-0.2, 0) is 6.54 Å². The van der Waals surface area contributed by atoms with Gasteiger partial charge in [0.1, 0.15) is 11.5 Å². The summed E-state index contributed by atoms with van der Waals surface area (Å²) >= 11 is 0. The van der Waals surface area contributed by atoms with Crippen molar-refractivity contribution in [3.05, 3.63) is 46.9 Å². The fourth-order valence-corrected chi connectivity index (χ4v) is 1.75. The molecule has 1 aromatic rings. The number of allylic oxidation sites excluding steroid dienone is 3. The van der Waals surface area contributed by atoms with E-state index in [1.807, 2.05) is 38.1 Å². The van der Waals surface area contributed by atoms with Gasteiger partial charge in [-0.25, -0.2) is 0 Å². The zero-order valence-electron chi connectivity index (χ0n) is 12.5. The monoisotopic (exact) mass is 277 g/mol. The molecular weight excluding hydrogens is 254 g/mol. The fraction of sp³-hybridized carbons (Fsp3) is 0.333. The number of hydrogen-bond donors (Lipinski definition) is 3. The van der Waals surface area contributed by atoms with Gasteiger partial charge in [0.15, 0.2) is 0 Å². The van der Waals surface area contributed by atoms with Crippen molar-refractivity contribution in [1.29, 1.82) is 0 Å². The Hall–Kier alpha value is -2.30. The van der Waals surface area contributed by atoms with Crippen LogP contribution in [0.3, 0.4) is 0 Å². The zero-order valence-corrected chi connectivity index (χ0v) is 12.5. The first-order valence-electron chi connectivity index (χ1n) is 6.32. The molecule has 0 radical (unpaired) electrons. The van der Waals surface area contributed by atoms with Gasteiger partial charge in [-0.3, -0.25) is 0 Å². The summed E-state index contributed by atoms with van der Waals surface area (Å²) in [6.07, 6.45) is 1.83. The van der Waals surface area contributed by atoms with E-state index in [9.17, 15) is 0 Å². The van der Waals surface area contributed by atoms with Gasteiger partial charge >= 0.3 is 0 Å². The Bertz CT molecular complexity index is 518. The lowest BCUT2D eigenvalue weighted by atomic mass is 10.2. The summed E-state index contributed by atoms with van der Waals surface area (Å²) < 4.78 is 10.5. The van der Waals surface area contributed by atoms with E-state index in [1.165, 1.54) is 0 Å². The van der Waals surface area contributed by atoms with Crippen LogP contribution < -0.4 is 26.3 Å². The molecule has 0 saturated heterocycles. The number of hydrogen-bond acceptors (Lipinski definition) is 5. The highest BCUT2D eigenvalue weighted by Crippen LogP contribution is 2.24. The standard InChI is InChI=1S/C15H23N3O2/c1-10(7-11(2)16)15(17)18-9-12-5-6-13(19-3)8-14(12)20-4/h5-8,18H,9,16-17H2,1-4H3/b11-7-,15-10+. The molecule has 0 aliphatic carbocycles. The Morgan fingerprint density at radius 2 is 1.90 bits per heavy atom. The number of nitrogens with one attached hydrogen (secondary N) is 1. The summed E-state index contributed by atoms with van der Waals surface area (Å²) in [5.41, 5.74) is 14.2. The van der Waals surface area contributed by atoms with E-state index < -0.39 is 0 Å². The van der Waals surface area contributed by atoms with Crippen molar-refractivity contribution in [2.24, 2.45) is 11.5 Å². The molecule has 5 heteroatoms. The molecule has 1 rings (SSSR count). The minimum absolute atomic E-state index is 0.563. The van der Waals surface area contributed by atoms with Gasteiger partial charge < -0.3 is 26.3 Å². The van der Waals surface area contributed by atoms with Gasteiger partial charge in [0.2, 0.25) is 0 Å². The quantitative estimate of drug-likeness (QED) is 0.691. The van der Waals surface area contributed by atoms with E-state index in [0.717, 1.165) is 22.6 Å². The van der Waals surface area contributed by atoms with Gasteiger partial charge in [-0.2, -0.15) is 0 Å². The molecule has 5 nitrogen and oxygen atoms in total. The molecule has 0 amide bonds. The molecule has 1 aromatic carbocycles. The van der Waals surface area contributed by atoms with Crippen LogP contribution in [0.5, 0.6) is 11.5 Å². The molecule has 20 heavy (non-hydrogen) atoms. The molecular formula is C15H23N3O2. The SMILES string of the molecule is COc1ccc(CN/C(N)=C(C)/C=C(/C)N)c(OC)c1. The van der Waals surface area contributed by atoms with Crippen LogP contribution >= 0.6 is 0 Å². The molecule has 0 saturated carbocycles. The Labute approximate surface area is 120 Å². The summed E-state index contributed by atoms with van der Waals surface area (Å²) in [5.74, 6) is 2.10. The Balaban J connectivity index is 2.82. The van der Waals surface area contributed by atoms with Crippen molar-refractivity contribution in [2.75, 3.05) is 14.2 Å². The molecule has 0 fully saturated rings. The van der Waals surface area contributed by atoms with Gasteiger partial charge in [-0.15, -0.1) is 0 Å². The first-order chi connectivity index (χ1) is 9.47. The highest BCUT2D eigenvalue weighted by Gasteiger charge is 2.05. The summed E-state index contributed by atoms with van der Waals surface area (Å²) in [4.78, 5) is 0. The van der Waals surface area contributed by atoms with E-state index in [2.05, 4.69) is 5.32 Å². The van der Waals surface area contributed by atoms with Crippen LogP contribution in [0, 0.1) is 0 Å². The predicted octanol–water partition coefficient (Wildman–Crippen LogP) is 1.85. The lowest BCUT2D eigenvalue weighted by Gasteiger charge is -2.13. The molecule has 110 valence electrons. The second kappa shape index (κ2) is 7.33. The molecule has 0 aliphatic rings. The minimum atomic E-state index is 0.563. The number of nitrogens with two attached hydrogens (primary N) is 2. The van der Waals surface area contributed by atoms with Crippen molar-refractivity contribution in [3.63, 3.8) is 0 Å². The lowest BCUT2D eigenvalue weighted by Crippen LogP contribution is -2.21. The van der Waals surface area contributed by atoms with E-state index >= 15 is 0 Å². The number of methoxy groups -OCH3 is 2. The third-order valence-electron chi connectivity index (χ3n) is 2.83. The summed E-state index contributed by atoms with van der Waals surface area (Å²) in [6.45, 7) is 4.29. The van der Waals surface area contributed by atoms with Crippen LogP contribution in [0.15, 0.2) is 41.4 Å². The second-order valence-corrected chi connectivity index (χ2v) is 4.52. The lowest BCUT2D eigenvalue weighted by molar-refractivity contribution is 0.390. The van der Waals surface area contributed by atoms with Crippen LogP contribution in [0.4, 0.5) is 0 Å². The van der Waals surface area contributed by atoms with Crippen molar-refractivity contribution in [2.45, 2.75) is 20.4 Å². The fourth-order valence-electron chi connectivity index (χ4n) is 1.75. The highest BCUT2D eigenvalue weighted by molar-refractivity contribution is 5.41. The topological polar surface area (TPSA) is 82.5 Å². The first kappa shape index (κ1) is 15.8. The molecule has 0 heterocycles. The van der Waals surface area contributed by atoms with Crippen molar-refractivity contribution < 1.29 is 9.47 Å².